The maximum Gasteiger partial charge on any atom is 0.410 e. The Bertz CT molecular complexity index is 478. The van der Waals surface area contributed by atoms with Gasteiger partial charge < -0.3 is 15.4 Å². The van der Waals surface area contributed by atoms with Gasteiger partial charge >= 0.3 is 6.09 Å². The first-order valence-corrected chi connectivity index (χ1v) is 7.70. The Morgan fingerprint density at radius 2 is 1.90 bits per heavy atom. The maximum absolute atomic E-state index is 12.1. The molecule has 1 aliphatic rings. The van der Waals surface area contributed by atoms with E-state index in [1.165, 1.54) is 5.56 Å². The van der Waals surface area contributed by atoms with Gasteiger partial charge in [0.05, 0.1) is 0 Å². The van der Waals surface area contributed by atoms with E-state index in [0.717, 1.165) is 30.6 Å². The standard InChI is InChI=1S/C15H22N2O2.C2H6/c1-15(2,3)19-14(18)17-8-4-5-11-6-7-13(16)9-12(11)10-17;1-2/h6-7,9H,4-5,8,10,16H2,1-3H3;1-2H3. The molecule has 1 aromatic carbocycles. The van der Waals surface area contributed by atoms with E-state index in [2.05, 4.69) is 6.07 Å². The van der Waals surface area contributed by atoms with Gasteiger partial charge in [-0.05, 0) is 56.9 Å². The van der Waals surface area contributed by atoms with Gasteiger partial charge in [-0.2, -0.15) is 0 Å². The molecule has 0 atom stereocenters. The zero-order valence-electron chi connectivity index (χ0n) is 13.9. The highest BCUT2D eigenvalue weighted by molar-refractivity contribution is 5.68. The van der Waals surface area contributed by atoms with Crippen LogP contribution in [0.2, 0.25) is 0 Å². The topological polar surface area (TPSA) is 55.6 Å². The number of hydrogen-bond acceptors (Lipinski definition) is 3. The van der Waals surface area contributed by atoms with Crippen molar-refractivity contribution in [3.63, 3.8) is 0 Å². The minimum atomic E-state index is -0.456. The summed E-state index contributed by atoms with van der Waals surface area (Å²) in [5.74, 6) is 0. The second-order valence-electron chi connectivity index (χ2n) is 6.03. The molecule has 1 aliphatic heterocycles. The molecular weight excluding hydrogens is 264 g/mol. The largest absolute Gasteiger partial charge is 0.444 e. The summed E-state index contributed by atoms with van der Waals surface area (Å²) in [6, 6.07) is 5.93. The Hall–Kier alpha value is -1.71. The number of aryl methyl sites for hydroxylation is 1. The molecule has 4 heteroatoms. The van der Waals surface area contributed by atoms with Crippen LogP contribution in [-0.2, 0) is 17.7 Å². The Morgan fingerprint density at radius 1 is 1.24 bits per heavy atom. The van der Waals surface area contributed by atoms with E-state index in [-0.39, 0.29) is 6.09 Å². The van der Waals surface area contributed by atoms with Crippen molar-refractivity contribution in [1.29, 1.82) is 0 Å². The normalized spacial score (nSPS) is 14.4. The molecule has 1 amide bonds. The Balaban J connectivity index is 0.00000106. The lowest BCUT2D eigenvalue weighted by atomic mass is 10.0. The minimum Gasteiger partial charge on any atom is -0.444 e. The molecule has 1 heterocycles. The van der Waals surface area contributed by atoms with E-state index in [1.54, 1.807) is 4.90 Å². The number of amides is 1. The van der Waals surface area contributed by atoms with Crippen molar-refractivity contribution in [2.75, 3.05) is 12.3 Å². The molecule has 4 nitrogen and oxygen atoms in total. The van der Waals surface area contributed by atoms with Crippen LogP contribution < -0.4 is 5.73 Å². The van der Waals surface area contributed by atoms with Gasteiger partial charge in [-0.1, -0.05) is 19.9 Å². The summed E-state index contributed by atoms with van der Waals surface area (Å²) < 4.78 is 5.43. The molecule has 0 aromatic heterocycles. The van der Waals surface area contributed by atoms with Gasteiger partial charge in [0.1, 0.15) is 5.60 Å². The molecule has 21 heavy (non-hydrogen) atoms. The molecular formula is C17H28N2O2. The Labute approximate surface area is 128 Å². The van der Waals surface area contributed by atoms with Gasteiger partial charge in [0.25, 0.3) is 0 Å². The third-order valence-electron chi connectivity index (χ3n) is 3.12. The van der Waals surface area contributed by atoms with Crippen LogP contribution in [-0.4, -0.2) is 23.1 Å². The third kappa shape index (κ3) is 5.29. The average molecular weight is 292 g/mol. The molecule has 2 rings (SSSR count). The molecule has 0 saturated heterocycles. The highest BCUT2D eigenvalue weighted by atomic mass is 16.6. The van der Waals surface area contributed by atoms with Crippen LogP contribution in [0, 0.1) is 0 Å². The van der Waals surface area contributed by atoms with Gasteiger partial charge in [0.2, 0.25) is 0 Å². The monoisotopic (exact) mass is 292 g/mol. The predicted molar refractivity (Wildman–Crippen MR) is 87.2 cm³/mol. The number of anilines is 1. The molecule has 0 fully saturated rings. The highest BCUT2D eigenvalue weighted by Crippen LogP contribution is 2.22. The zero-order chi connectivity index (χ0) is 16.0. The second kappa shape index (κ2) is 7.34. The molecule has 118 valence electrons. The fraction of sp³-hybridized carbons (Fsp3) is 0.588. The van der Waals surface area contributed by atoms with Crippen LogP contribution in [0.4, 0.5) is 10.5 Å². The molecule has 2 N–H and O–H groups in total. The fourth-order valence-electron chi connectivity index (χ4n) is 2.26. The summed E-state index contributed by atoms with van der Waals surface area (Å²) >= 11 is 0. The zero-order valence-corrected chi connectivity index (χ0v) is 13.9. The summed E-state index contributed by atoms with van der Waals surface area (Å²) in [7, 11) is 0. The number of nitrogens with two attached hydrogens (primary N) is 1. The maximum atomic E-state index is 12.1. The van der Waals surface area contributed by atoms with Crippen LogP contribution in [0.1, 0.15) is 52.2 Å². The van der Waals surface area contributed by atoms with Crippen LogP contribution in [0.3, 0.4) is 0 Å². The lowest BCUT2D eigenvalue weighted by Gasteiger charge is -2.26. The first-order chi connectivity index (χ1) is 9.85. The lowest BCUT2D eigenvalue weighted by molar-refractivity contribution is 0.0237. The molecule has 0 aliphatic carbocycles. The Kier molecular flexibility index (Phi) is 6.06. The molecule has 1 aromatic rings. The number of rotatable bonds is 0. The molecule has 0 spiro atoms. The summed E-state index contributed by atoms with van der Waals surface area (Å²) in [4.78, 5) is 13.9. The van der Waals surface area contributed by atoms with Gasteiger partial charge in [0.15, 0.2) is 0 Å². The molecule has 0 radical (unpaired) electrons. The minimum absolute atomic E-state index is 0.247. The molecule has 0 bridgehead atoms. The number of benzene rings is 1. The van der Waals surface area contributed by atoms with Crippen LogP contribution in [0.25, 0.3) is 0 Å². The predicted octanol–water partition coefficient (Wildman–Crippen LogP) is 3.98. The van der Waals surface area contributed by atoms with E-state index >= 15 is 0 Å². The van der Waals surface area contributed by atoms with Crippen LogP contribution in [0.15, 0.2) is 18.2 Å². The number of nitrogens with zero attached hydrogens (tertiary/aromatic N) is 1. The fourth-order valence-corrected chi connectivity index (χ4v) is 2.26. The summed E-state index contributed by atoms with van der Waals surface area (Å²) in [5, 5.41) is 0. The van der Waals surface area contributed by atoms with Gasteiger partial charge in [-0.25, -0.2) is 4.79 Å². The third-order valence-corrected chi connectivity index (χ3v) is 3.12. The highest BCUT2D eigenvalue weighted by Gasteiger charge is 2.24. The van der Waals surface area contributed by atoms with Crippen molar-refractivity contribution < 1.29 is 9.53 Å². The van der Waals surface area contributed by atoms with Gasteiger partial charge in [0, 0.05) is 18.8 Å². The van der Waals surface area contributed by atoms with E-state index < -0.39 is 5.60 Å². The number of carbonyl (C=O) groups is 1. The average Bonchev–Trinajstić information content (AvgIpc) is 2.60. The SMILES string of the molecule is CC.CC(C)(C)OC(=O)N1CCCc2ccc(N)cc2C1. The van der Waals surface area contributed by atoms with Crippen molar-refractivity contribution in [3.05, 3.63) is 29.3 Å². The van der Waals surface area contributed by atoms with Crippen molar-refractivity contribution in [2.45, 2.75) is 59.6 Å². The Morgan fingerprint density at radius 3 is 2.52 bits per heavy atom. The lowest BCUT2D eigenvalue weighted by Crippen LogP contribution is -2.36. The summed E-state index contributed by atoms with van der Waals surface area (Å²) in [5.41, 5.74) is 8.51. The number of fused-ring (bicyclic) bond motifs is 1. The number of carbonyl (C=O) groups excluding carboxylic acids is 1. The first-order valence-electron chi connectivity index (χ1n) is 7.70. The molecule has 0 saturated carbocycles. The number of hydrogen-bond donors (Lipinski definition) is 1. The van der Waals surface area contributed by atoms with Crippen LogP contribution in [0.5, 0.6) is 0 Å². The van der Waals surface area contributed by atoms with Crippen molar-refractivity contribution >= 4 is 11.8 Å². The van der Waals surface area contributed by atoms with Crippen molar-refractivity contribution in [3.8, 4) is 0 Å². The number of ether oxygens (including phenoxy) is 1. The van der Waals surface area contributed by atoms with Crippen LogP contribution >= 0.6 is 0 Å². The summed E-state index contributed by atoms with van der Waals surface area (Å²) in [6.45, 7) is 11.0. The van der Waals surface area contributed by atoms with Gasteiger partial charge in [-0.15, -0.1) is 0 Å². The first kappa shape index (κ1) is 17.3. The quantitative estimate of drug-likeness (QED) is 0.736. The smallest absolute Gasteiger partial charge is 0.410 e. The van der Waals surface area contributed by atoms with Gasteiger partial charge in [-0.3, -0.25) is 0 Å². The van der Waals surface area contributed by atoms with E-state index in [1.807, 2.05) is 46.8 Å². The van der Waals surface area contributed by atoms with E-state index in [4.69, 9.17) is 10.5 Å². The second-order valence-corrected chi connectivity index (χ2v) is 6.03. The van der Waals surface area contributed by atoms with Crippen molar-refractivity contribution in [2.24, 2.45) is 0 Å². The van der Waals surface area contributed by atoms with E-state index in [9.17, 15) is 4.79 Å². The molecule has 0 unspecified atom stereocenters. The summed E-state index contributed by atoms with van der Waals surface area (Å²) in [6.07, 6.45) is 1.69. The van der Waals surface area contributed by atoms with Crippen molar-refractivity contribution in [1.82, 2.24) is 4.90 Å². The number of nitrogen functional groups attached to an aromatic ring is 1. The van der Waals surface area contributed by atoms with E-state index in [0.29, 0.717) is 6.54 Å².